The molecule has 5 heteroatoms. The number of hydrogen-bond donors (Lipinski definition) is 0. The molecule has 0 spiro atoms. The summed E-state index contributed by atoms with van der Waals surface area (Å²) in [5.41, 5.74) is 1.63. The van der Waals surface area contributed by atoms with Gasteiger partial charge in [-0.05, 0) is 31.2 Å². The number of methoxy groups -OCH3 is 1. The van der Waals surface area contributed by atoms with Crippen LogP contribution < -0.4 is 9.47 Å². The summed E-state index contributed by atoms with van der Waals surface area (Å²) in [4.78, 5) is 16.5. The second-order valence-corrected chi connectivity index (χ2v) is 5.01. The number of carbonyl (C=O) groups excluding carboxylic acids is 1. The van der Waals surface area contributed by atoms with Crippen LogP contribution in [0.3, 0.4) is 0 Å². The van der Waals surface area contributed by atoms with Crippen LogP contribution in [0.1, 0.15) is 18.1 Å². The first kappa shape index (κ1) is 15.8. The minimum Gasteiger partial charge on any atom is -0.496 e. The van der Waals surface area contributed by atoms with Gasteiger partial charge in [-0.15, -0.1) is 0 Å². The van der Waals surface area contributed by atoms with Crippen LogP contribution in [0.25, 0.3) is 6.08 Å². The molecular weight excluding hydrogens is 306 g/mol. The van der Waals surface area contributed by atoms with E-state index in [2.05, 4.69) is 4.99 Å². The van der Waals surface area contributed by atoms with E-state index in [9.17, 15) is 4.79 Å². The second kappa shape index (κ2) is 7.00. The maximum atomic E-state index is 12.1. The van der Waals surface area contributed by atoms with E-state index >= 15 is 0 Å². The first-order valence-electron chi connectivity index (χ1n) is 7.60. The molecule has 5 nitrogen and oxygen atoms in total. The summed E-state index contributed by atoms with van der Waals surface area (Å²) >= 11 is 0. The third-order valence-corrected chi connectivity index (χ3v) is 3.47. The molecule has 0 radical (unpaired) electrons. The highest BCUT2D eigenvalue weighted by atomic mass is 16.6. The standard InChI is InChI=1S/C19H17NO4/c1-3-23-16-10-6-4-8-13(16)12-15-19(21)24-18(20-15)14-9-5-7-11-17(14)22-2/h4-12H,3H2,1-2H3. The summed E-state index contributed by atoms with van der Waals surface area (Å²) in [6.45, 7) is 2.45. The summed E-state index contributed by atoms with van der Waals surface area (Å²) in [6.07, 6.45) is 1.66. The average molecular weight is 323 g/mol. The van der Waals surface area contributed by atoms with Crippen molar-refractivity contribution in [2.45, 2.75) is 6.92 Å². The van der Waals surface area contributed by atoms with Crippen LogP contribution in [-0.4, -0.2) is 25.6 Å². The quantitative estimate of drug-likeness (QED) is 0.625. The number of benzene rings is 2. The lowest BCUT2D eigenvalue weighted by Crippen LogP contribution is -2.06. The molecule has 24 heavy (non-hydrogen) atoms. The molecule has 0 unspecified atom stereocenters. The Hall–Kier alpha value is -3.08. The van der Waals surface area contributed by atoms with Gasteiger partial charge in [-0.25, -0.2) is 9.79 Å². The van der Waals surface area contributed by atoms with Crippen LogP contribution in [0.15, 0.2) is 59.2 Å². The zero-order valence-corrected chi connectivity index (χ0v) is 13.5. The Kier molecular flexibility index (Phi) is 4.61. The molecule has 0 bridgehead atoms. The van der Waals surface area contributed by atoms with E-state index in [0.717, 1.165) is 5.56 Å². The van der Waals surface area contributed by atoms with E-state index in [1.165, 1.54) is 0 Å². The van der Waals surface area contributed by atoms with E-state index < -0.39 is 5.97 Å². The fourth-order valence-electron chi connectivity index (χ4n) is 2.38. The molecule has 0 fully saturated rings. The molecule has 0 N–H and O–H groups in total. The monoisotopic (exact) mass is 323 g/mol. The SMILES string of the molecule is CCOc1ccccc1C=C1N=C(c2ccccc2OC)OC1=O. The summed E-state index contributed by atoms with van der Waals surface area (Å²) in [5.74, 6) is 1.03. The third-order valence-electron chi connectivity index (χ3n) is 3.47. The molecule has 0 amide bonds. The topological polar surface area (TPSA) is 57.1 Å². The Morgan fingerprint density at radius 3 is 2.54 bits per heavy atom. The Morgan fingerprint density at radius 1 is 1.08 bits per heavy atom. The molecule has 0 aliphatic carbocycles. The largest absolute Gasteiger partial charge is 0.496 e. The van der Waals surface area contributed by atoms with E-state index in [4.69, 9.17) is 14.2 Å². The average Bonchev–Trinajstić information content (AvgIpc) is 2.97. The molecule has 3 rings (SSSR count). The zero-order valence-electron chi connectivity index (χ0n) is 13.5. The molecule has 0 saturated heterocycles. The van der Waals surface area contributed by atoms with Gasteiger partial charge in [0.05, 0.1) is 19.3 Å². The Bertz CT molecular complexity index is 824. The van der Waals surface area contributed by atoms with Crippen LogP contribution >= 0.6 is 0 Å². The highest BCUT2D eigenvalue weighted by molar-refractivity contribution is 6.13. The molecule has 122 valence electrons. The summed E-state index contributed by atoms with van der Waals surface area (Å²) in [7, 11) is 1.56. The molecule has 1 aliphatic heterocycles. The lowest BCUT2D eigenvalue weighted by Gasteiger charge is -2.06. The number of rotatable bonds is 5. The summed E-state index contributed by atoms with van der Waals surface area (Å²) in [5, 5.41) is 0. The smallest absolute Gasteiger partial charge is 0.363 e. The van der Waals surface area contributed by atoms with Crippen molar-refractivity contribution in [2.24, 2.45) is 4.99 Å². The van der Waals surface area contributed by atoms with Gasteiger partial charge in [0.2, 0.25) is 5.90 Å². The number of nitrogens with zero attached hydrogens (tertiary/aromatic N) is 1. The van der Waals surface area contributed by atoms with E-state index in [-0.39, 0.29) is 11.6 Å². The number of cyclic esters (lactones) is 1. The van der Waals surface area contributed by atoms with Crippen LogP contribution in [-0.2, 0) is 9.53 Å². The Labute approximate surface area is 140 Å². The molecular formula is C19H17NO4. The minimum atomic E-state index is -0.498. The highest BCUT2D eigenvalue weighted by Gasteiger charge is 2.26. The van der Waals surface area contributed by atoms with Gasteiger partial charge in [-0.1, -0.05) is 30.3 Å². The maximum absolute atomic E-state index is 12.1. The Morgan fingerprint density at radius 2 is 1.79 bits per heavy atom. The van der Waals surface area contributed by atoms with Gasteiger partial charge in [-0.3, -0.25) is 0 Å². The molecule has 1 aliphatic rings. The number of hydrogen-bond acceptors (Lipinski definition) is 5. The molecule has 0 aromatic heterocycles. The highest BCUT2D eigenvalue weighted by Crippen LogP contribution is 2.27. The van der Waals surface area contributed by atoms with Crippen molar-refractivity contribution in [3.63, 3.8) is 0 Å². The van der Waals surface area contributed by atoms with Crippen LogP contribution in [0.2, 0.25) is 0 Å². The van der Waals surface area contributed by atoms with E-state index in [1.807, 2.05) is 43.3 Å². The van der Waals surface area contributed by atoms with Gasteiger partial charge in [-0.2, -0.15) is 0 Å². The van der Waals surface area contributed by atoms with Crippen LogP contribution in [0.4, 0.5) is 0 Å². The van der Waals surface area contributed by atoms with Crippen molar-refractivity contribution < 1.29 is 19.0 Å². The van der Waals surface area contributed by atoms with E-state index in [0.29, 0.717) is 23.7 Å². The van der Waals surface area contributed by atoms with Crippen molar-refractivity contribution in [1.82, 2.24) is 0 Å². The second-order valence-electron chi connectivity index (χ2n) is 5.01. The van der Waals surface area contributed by atoms with Crippen LogP contribution in [0.5, 0.6) is 11.5 Å². The summed E-state index contributed by atoms with van der Waals surface area (Å²) < 4.78 is 16.1. The van der Waals surface area contributed by atoms with Crippen molar-refractivity contribution in [3.05, 3.63) is 65.4 Å². The van der Waals surface area contributed by atoms with Gasteiger partial charge >= 0.3 is 5.97 Å². The van der Waals surface area contributed by atoms with Crippen molar-refractivity contribution in [2.75, 3.05) is 13.7 Å². The van der Waals surface area contributed by atoms with Crippen molar-refractivity contribution >= 4 is 17.9 Å². The lowest BCUT2D eigenvalue weighted by atomic mass is 10.1. The molecule has 2 aromatic carbocycles. The predicted octanol–water partition coefficient (Wildman–Crippen LogP) is 3.44. The Balaban J connectivity index is 1.98. The number of esters is 1. The van der Waals surface area contributed by atoms with Gasteiger partial charge in [0.1, 0.15) is 11.5 Å². The van der Waals surface area contributed by atoms with Crippen molar-refractivity contribution in [3.8, 4) is 11.5 Å². The first-order chi connectivity index (χ1) is 11.7. The first-order valence-corrected chi connectivity index (χ1v) is 7.60. The molecule has 2 aromatic rings. The number of aliphatic imine (C=N–C) groups is 1. The zero-order chi connectivity index (χ0) is 16.9. The van der Waals surface area contributed by atoms with E-state index in [1.54, 1.807) is 25.3 Å². The van der Waals surface area contributed by atoms with Gasteiger partial charge in [0.15, 0.2) is 5.70 Å². The summed E-state index contributed by atoms with van der Waals surface area (Å²) in [6, 6.07) is 14.7. The van der Waals surface area contributed by atoms with Crippen molar-refractivity contribution in [1.29, 1.82) is 0 Å². The number of carbonyl (C=O) groups is 1. The fraction of sp³-hybridized carbons (Fsp3) is 0.158. The molecule has 0 atom stereocenters. The lowest BCUT2D eigenvalue weighted by molar-refractivity contribution is -0.129. The van der Waals surface area contributed by atoms with Gasteiger partial charge < -0.3 is 14.2 Å². The maximum Gasteiger partial charge on any atom is 0.363 e. The van der Waals surface area contributed by atoms with Crippen LogP contribution in [0, 0.1) is 0 Å². The third kappa shape index (κ3) is 3.15. The molecule has 1 heterocycles. The normalized spacial score (nSPS) is 15.2. The fourth-order valence-corrected chi connectivity index (χ4v) is 2.38. The van der Waals surface area contributed by atoms with Gasteiger partial charge in [0.25, 0.3) is 0 Å². The van der Waals surface area contributed by atoms with Gasteiger partial charge in [0, 0.05) is 5.56 Å². The molecule has 0 saturated carbocycles. The predicted molar refractivity (Wildman–Crippen MR) is 91.2 cm³/mol. The number of para-hydroxylation sites is 2. The minimum absolute atomic E-state index is 0.225. The number of ether oxygens (including phenoxy) is 3.